The molecule has 3 rings (SSSR count). The molecule has 0 radical (unpaired) electrons. The largest absolute Gasteiger partial charge is 0.379 e. The first-order valence-electron chi connectivity index (χ1n) is 7.13. The molecule has 1 aromatic heterocycles. The molecule has 106 valence electrons. The van der Waals surface area contributed by atoms with Gasteiger partial charge in [0.25, 0.3) is 0 Å². The van der Waals surface area contributed by atoms with Crippen LogP contribution in [0.25, 0.3) is 5.69 Å². The van der Waals surface area contributed by atoms with Crippen molar-refractivity contribution in [3.63, 3.8) is 0 Å². The summed E-state index contributed by atoms with van der Waals surface area (Å²) in [7, 11) is 0. The van der Waals surface area contributed by atoms with Gasteiger partial charge in [0, 0.05) is 18.9 Å². The summed E-state index contributed by atoms with van der Waals surface area (Å²) >= 11 is 0. The van der Waals surface area contributed by atoms with Crippen molar-refractivity contribution in [3.05, 3.63) is 77.6 Å². The normalized spacial score (nSPS) is 10.6. The Bertz CT molecular complexity index is 730. The minimum atomic E-state index is 0.805. The molecule has 0 atom stereocenters. The zero-order valence-electron chi connectivity index (χ0n) is 12.4. The molecule has 0 amide bonds. The minimum Gasteiger partial charge on any atom is -0.379 e. The maximum atomic E-state index is 4.30. The van der Waals surface area contributed by atoms with E-state index in [1.165, 1.54) is 16.7 Å². The van der Waals surface area contributed by atoms with Crippen LogP contribution in [0.1, 0.15) is 16.7 Å². The van der Waals surface area contributed by atoms with E-state index >= 15 is 0 Å². The van der Waals surface area contributed by atoms with E-state index in [9.17, 15) is 0 Å². The van der Waals surface area contributed by atoms with Crippen LogP contribution in [0.2, 0.25) is 0 Å². The second-order valence-electron chi connectivity index (χ2n) is 5.24. The third kappa shape index (κ3) is 2.97. The molecule has 0 saturated carbocycles. The maximum Gasteiger partial charge on any atom is 0.0876 e. The summed E-state index contributed by atoms with van der Waals surface area (Å²) in [6, 6.07) is 16.7. The van der Waals surface area contributed by atoms with E-state index in [-0.39, 0.29) is 0 Å². The second-order valence-corrected chi connectivity index (χ2v) is 5.24. The lowest BCUT2D eigenvalue weighted by Gasteiger charge is -2.12. The van der Waals surface area contributed by atoms with Crippen LogP contribution in [-0.2, 0) is 6.54 Å². The van der Waals surface area contributed by atoms with Gasteiger partial charge in [-0.1, -0.05) is 30.3 Å². The van der Waals surface area contributed by atoms with Crippen LogP contribution in [0.3, 0.4) is 0 Å². The summed E-state index contributed by atoms with van der Waals surface area (Å²) in [5, 5.41) is 7.81. The highest BCUT2D eigenvalue weighted by molar-refractivity contribution is 5.60. The molecule has 3 heteroatoms. The van der Waals surface area contributed by atoms with Crippen molar-refractivity contribution in [2.75, 3.05) is 5.32 Å². The molecule has 1 N–H and O–H groups in total. The van der Waals surface area contributed by atoms with Crippen molar-refractivity contribution in [1.82, 2.24) is 9.78 Å². The molecule has 0 aliphatic rings. The van der Waals surface area contributed by atoms with Gasteiger partial charge >= 0.3 is 0 Å². The van der Waals surface area contributed by atoms with Gasteiger partial charge in [-0.2, -0.15) is 5.10 Å². The molecule has 0 unspecified atom stereocenters. The average Bonchev–Trinajstić information content (AvgIpc) is 3.03. The number of benzene rings is 2. The Kier molecular flexibility index (Phi) is 3.73. The Balaban J connectivity index is 1.81. The number of rotatable bonds is 4. The third-order valence-electron chi connectivity index (χ3n) is 3.71. The number of nitrogens with one attached hydrogen (secondary N) is 1. The van der Waals surface area contributed by atoms with Gasteiger partial charge in [-0.3, -0.25) is 0 Å². The van der Waals surface area contributed by atoms with Gasteiger partial charge in [0.15, 0.2) is 0 Å². The molecule has 3 aromatic rings. The average molecular weight is 277 g/mol. The van der Waals surface area contributed by atoms with Crippen LogP contribution < -0.4 is 5.32 Å². The van der Waals surface area contributed by atoms with Gasteiger partial charge in [-0.25, -0.2) is 4.68 Å². The van der Waals surface area contributed by atoms with Gasteiger partial charge in [0.2, 0.25) is 0 Å². The van der Waals surface area contributed by atoms with Crippen LogP contribution >= 0.6 is 0 Å². The van der Waals surface area contributed by atoms with Gasteiger partial charge < -0.3 is 5.32 Å². The summed E-state index contributed by atoms with van der Waals surface area (Å²) in [6.07, 6.45) is 3.75. The first-order chi connectivity index (χ1) is 10.2. The van der Waals surface area contributed by atoms with Crippen LogP contribution in [0.4, 0.5) is 5.69 Å². The number of para-hydroxylation sites is 2. The Morgan fingerprint density at radius 1 is 1.00 bits per heavy atom. The summed E-state index contributed by atoms with van der Waals surface area (Å²) in [4.78, 5) is 0. The summed E-state index contributed by atoms with van der Waals surface area (Å²) in [5.74, 6) is 0. The Morgan fingerprint density at radius 3 is 2.62 bits per heavy atom. The van der Waals surface area contributed by atoms with E-state index in [1.807, 2.05) is 29.1 Å². The van der Waals surface area contributed by atoms with Gasteiger partial charge in [-0.15, -0.1) is 0 Å². The van der Waals surface area contributed by atoms with Gasteiger partial charge in [0.05, 0.1) is 11.4 Å². The predicted molar refractivity (Wildman–Crippen MR) is 86.8 cm³/mol. The lowest BCUT2D eigenvalue weighted by atomic mass is 10.1. The standard InChI is InChI=1S/C18H19N3/c1-14-8-9-16(12-15(14)2)13-19-17-6-3-4-7-18(17)21-11-5-10-20-21/h3-12,19H,13H2,1-2H3. The SMILES string of the molecule is Cc1ccc(CNc2ccccc2-n2cccn2)cc1C. The quantitative estimate of drug-likeness (QED) is 0.778. The molecule has 0 bridgehead atoms. The number of hydrogen-bond donors (Lipinski definition) is 1. The van der Waals surface area contributed by atoms with E-state index < -0.39 is 0 Å². The topological polar surface area (TPSA) is 29.9 Å². The molecule has 2 aromatic carbocycles. The first kappa shape index (κ1) is 13.4. The Morgan fingerprint density at radius 2 is 1.86 bits per heavy atom. The predicted octanol–water partition coefficient (Wildman–Crippen LogP) is 4.10. The number of aryl methyl sites for hydroxylation is 2. The van der Waals surface area contributed by atoms with Crippen LogP contribution in [0.5, 0.6) is 0 Å². The summed E-state index contributed by atoms with van der Waals surface area (Å²) < 4.78 is 1.88. The molecule has 0 fully saturated rings. The third-order valence-corrected chi connectivity index (χ3v) is 3.71. The lowest BCUT2D eigenvalue weighted by molar-refractivity contribution is 0.879. The van der Waals surface area contributed by atoms with Crippen molar-refractivity contribution < 1.29 is 0 Å². The lowest BCUT2D eigenvalue weighted by Crippen LogP contribution is -2.05. The smallest absolute Gasteiger partial charge is 0.0876 e. The van der Waals surface area contributed by atoms with Gasteiger partial charge in [0.1, 0.15) is 0 Å². The Labute approximate surface area is 125 Å². The fourth-order valence-electron chi connectivity index (χ4n) is 2.34. The molecule has 0 spiro atoms. The number of hydrogen-bond acceptors (Lipinski definition) is 2. The molecule has 0 saturated heterocycles. The van der Waals surface area contributed by atoms with E-state index in [1.54, 1.807) is 6.20 Å². The van der Waals surface area contributed by atoms with E-state index in [2.05, 4.69) is 54.6 Å². The van der Waals surface area contributed by atoms with Crippen LogP contribution in [-0.4, -0.2) is 9.78 Å². The van der Waals surface area contributed by atoms with Crippen molar-refractivity contribution >= 4 is 5.69 Å². The highest BCUT2D eigenvalue weighted by Gasteiger charge is 2.04. The number of anilines is 1. The summed E-state index contributed by atoms with van der Waals surface area (Å²) in [6.45, 7) is 5.09. The van der Waals surface area contributed by atoms with Crippen molar-refractivity contribution in [2.45, 2.75) is 20.4 Å². The molecule has 21 heavy (non-hydrogen) atoms. The van der Waals surface area contributed by atoms with Crippen molar-refractivity contribution in [1.29, 1.82) is 0 Å². The molecule has 3 nitrogen and oxygen atoms in total. The van der Waals surface area contributed by atoms with Crippen molar-refractivity contribution in [3.8, 4) is 5.69 Å². The fourth-order valence-corrected chi connectivity index (χ4v) is 2.34. The van der Waals surface area contributed by atoms with Crippen LogP contribution in [0.15, 0.2) is 60.9 Å². The zero-order valence-corrected chi connectivity index (χ0v) is 12.4. The van der Waals surface area contributed by atoms with E-state index in [0.717, 1.165) is 17.9 Å². The van der Waals surface area contributed by atoms with Crippen molar-refractivity contribution in [2.24, 2.45) is 0 Å². The maximum absolute atomic E-state index is 4.30. The van der Waals surface area contributed by atoms with E-state index in [0.29, 0.717) is 0 Å². The zero-order chi connectivity index (χ0) is 14.7. The first-order valence-corrected chi connectivity index (χ1v) is 7.13. The highest BCUT2D eigenvalue weighted by atomic mass is 15.3. The molecular weight excluding hydrogens is 258 g/mol. The van der Waals surface area contributed by atoms with E-state index in [4.69, 9.17) is 0 Å². The second kappa shape index (κ2) is 5.83. The molecular formula is C18H19N3. The number of nitrogens with zero attached hydrogens (tertiary/aromatic N) is 2. The number of aromatic nitrogens is 2. The van der Waals surface area contributed by atoms with Crippen LogP contribution in [0, 0.1) is 13.8 Å². The molecule has 1 heterocycles. The highest BCUT2D eigenvalue weighted by Crippen LogP contribution is 2.20. The van der Waals surface area contributed by atoms with Gasteiger partial charge in [-0.05, 0) is 48.7 Å². The Hall–Kier alpha value is -2.55. The molecule has 0 aliphatic carbocycles. The summed E-state index contributed by atoms with van der Waals surface area (Å²) in [5.41, 5.74) is 6.09. The minimum absolute atomic E-state index is 0.805. The monoisotopic (exact) mass is 277 g/mol. The molecule has 0 aliphatic heterocycles. The fraction of sp³-hybridized carbons (Fsp3) is 0.167.